The van der Waals surface area contributed by atoms with Crippen LogP contribution < -0.4 is 5.32 Å². The Hall–Kier alpha value is -1.31. The molecule has 0 heterocycles. The van der Waals surface area contributed by atoms with Gasteiger partial charge in [-0.1, -0.05) is 6.42 Å². The predicted molar refractivity (Wildman–Crippen MR) is 63.0 cm³/mol. The molecule has 2 N–H and O–H groups in total. The summed E-state index contributed by atoms with van der Waals surface area (Å²) >= 11 is 0. The highest BCUT2D eigenvalue weighted by Crippen LogP contribution is 2.39. The van der Waals surface area contributed by atoms with Crippen LogP contribution >= 0.6 is 0 Å². The van der Waals surface area contributed by atoms with Gasteiger partial charge in [0.2, 0.25) is 5.91 Å². The highest BCUT2D eigenvalue weighted by molar-refractivity contribution is 5.78. The Morgan fingerprint density at radius 3 is 2.60 bits per heavy atom. The summed E-state index contributed by atoms with van der Waals surface area (Å²) in [5, 5.41) is 10.8. The fraction of sp³-hybridized carbons (Fsp3) is 0.833. The third-order valence-corrected chi connectivity index (χ3v) is 3.28. The van der Waals surface area contributed by atoms with Crippen LogP contribution in [-0.4, -0.2) is 42.9 Å². The molecule has 0 aromatic rings. The lowest BCUT2D eigenvalue weighted by Gasteiger charge is -2.29. The summed E-state index contributed by atoms with van der Waals surface area (Å²) in [4.78, 5) is 21.9. The molecule has 0 spiro atoms. The molecule has 2 unspecified atom stereocenters. The minimum atomic E-state index is -4.25. The summed E-state index contributed by atoms with van der Waals surface area (Å²) < 4.78 is 42.5. The fourth-order valence-corrected chi connectivity index (χ4v) is 2.28. The molecular weight excluding hydrogens is 279 g/mol. The number of aliphatic carboxylic acids is 1. The number of amides is 1. The summed E-state index contributed by atoms with van der Waals surface area (Å²) in [5.74, 6) is -3.57. The van der Waals surface area contributed by atoms with E-state index in [4.69, 9.17) is 9.84 Å². The molecule has 0 aromatic heterocycles. The molecule has 1 aliphatic carbocycles. The molecule has 0 saturated heterocycles. The van der Waals surface area contributed by atoms with Gasteiger partial charge >= 0.3 is 12.1 Å². The molecule has 0 aromatic carbocycles. The Labute approximate surface area is 114 Å². The van der Waals surface area contributed by atoms with Crippen molar-refractivity contribution < 1.29 is 32.6 Å². The van der Waals surface area contributed by atoms with Gasteiger partial charge < -0.3 is 15.2 Å². The Morgan fingerprint density at radius 2 is 2.00 bits per heavy atom. The normalized spacial score (nSPS) is 23.4. The van der Waals surface area contributed by atoms with Crippen LogP contribution in [0.15, 0.2) is 0 Å². The average Bonchev–Trinajstić information content (AvgIpc) is 2.37. The van der Waals surface area contributed by atoms with Crippen molar-refractivity contribution >= 4 is 11.9 Å². The third-order valence-electron chi connectivity index (χ3n) is 3.28. The molecule has 0 bridgehead atoms. The third kappa shape index (κ3) is 5.77. The molecule has 1 fully saturated rings. The van der Waals surface area contributed by atoms with E-state index in [1.165, 1.54) is 0 Å². The molecule has 1 aliphatic rings. The maximum absolute atomic E-state index is 12.6. The van der Waals surface area contributed by atoms with E-state index in [1.807, 2.05) is 0 Å². The monoisotopic (exact) mass is 297 g/mol. The second kappa shape index (κ2) is 7.47. The van der Waals surface area contributed by atoms with Crippen molar-refractivity contribution in [2.75, 3.05) is 19.8 Å². The second-order valence-corrected chi connectivity index (χ2v) is 4.84. The van der Waals surface area contributed by atoms with Crippen LogP contribution in [0.25, 0.3) is 0 Å². The zero-order valence-electron chi connectivity index (χ0n) is 10.9. The number of halogens is 3. The first-order valence-corrected chi connectivity index (χ1v) is 6.44. The molecule has 0 aliphatic heterocycles. The molecule has 1 rings (SSSR count). The molecule has 1 saturated carbocycles. The van der Waals surface area contributed by atoms with Crippen molar-refractivity contribution in [2.45, 2.75) is 31.9 Å². The molecule has 20 heavy (non-hydrogen) atoms. The number of carbonyl (C=O) groups excluding carboxylic acids is 1. The van der Waals surface area contributed by atoms with Crippen molar-refractivity contribution in [1.82, 2.24) is 5.32 Å². The number of hydrogen-bond donors (Lipinski definition) is 2. The highest BCUT2D eigenvalue weighted by atomic mass is 19.4. The van der Waals surface area contributed by atoms with Crippen molar-refractivity contribution in [3.8, 4) is 0 Å². The van der Waals surface area contributed by atoms with E-state index in [0.717, 1.165) is 0 Å². The van der Waals surface area contributed by atoms with Gasteiger partial charge in [-0.25, -0.2) is 4.79 Å². The van der Waals surface area contributed by atoms with Crippen LogP contribution in [0, 0.1) is 11.8 Å². The molecule has 5 nitrogen and oxygen atoms in total. The van der Waals surface area contributed by atoms with E-state index in [0.29, 0.717) is 12.8 Å². The Kier molecular flexibility index (Phi) is 6.25. The summed E-state index contributed by atoms with van der Waals surface area (Å²) in [5.41, 5.74) is 0. The number of carboxylic acid groups (broad SMARTS) is 1. The maximum Gasteiger partial charge on any atom is 0.391 e. The topological polar surface area (TPSA) is 75.6 Å². The van der Waals surface area contributed by atoms with Gasteiger partial charge in [0.25, 0.3) is 0 Å². The van der Waals surface area contributed by atoms with Crippen LogP contribution in [0.5, 0.6) is 0 Å². The van der Waals surface area contributed by atoms with Crippen molar-refractivity contribution in [3.63, 3.8) is 0 Å². The van der Waals surface area contributed by atoms with Gasteiger partial charge in [-0.05, 0) is 19.3 Å². The maximum atomic E-state index is 12.6. The average molecular weight is 297 g/mol. The quantitative estimate of drug-likeness (QED) is 0.730. The van der Waals surface area contributed by atoms with E-state index in [-0.39, 0.29) is 26.0 Å². The summed E-state index contributed by atoms with van der Waals surface area (Å²) in [7, 11) is 0. The smallest absolute Gasteiger partial charge is 0.391 e. The lowest BCUT2D eigenvalue weighted by atomic mass is 9.80. The Bertz CT molecular complexity index is 346. The highest BCUT2D eigenvalue weighted by Gasteiger charge is 2.43. The SMILES string of the molecule is O=C(O)COCCNC(=O)C1CCCC(C(F)(F)F)C1. The second-order valence-electron chi connectivity index (χ2n) is 4.84. The van der Waals surface area contributed by atoms with E-state index >= 15 is 0 Å². The number of carbonyl (C=O) groups is 2. The first-order chi connectivity index (χ1) is 9.30. The van der Waals surface area contributed by atoms with Gasteiger partial charge in [-0.3, -0.25) is 4.79 Å². The number of alkyl halides is 3. The molecular formula is C12H18F3NO4. The van der Waals surface area contributed by atoms with Crippen LogP contribution in [0.2, 0.25) is 0 Å². The van der Waals surface area contributed by atoms with E-state index in [2.05, 4.69) is 5.32 Å². The number of carboxylic acids is 1. The number of nitrogens with one attached hydrogen (secondary N) is 1. The van der Waals surface area contributed by atoms with Crippen molar-refractivity contribution in [1.29, 1.82) is 0 Å². The lowest BCUT2D eigenvalue weighted by Crippen LogP contribution is -2.38. The van der Waals surface area contributed by atoms with Gasteiger partial charge in [-0.15, -0.1) is 0 Å². The van der Waals surface area contributed by atoms with Crippen molar-refractivity contribution in [3.05, 3.63) is 0 Å². The van der Waals surface area contributed by atoms with Gasteiger partial charge in [0, 0.05) is 12.5 Å². The lowest BCUT2D eigenvalue weighted by molar-refractivity contribution is -0.186. The first kappa shape index (κ1) is 16.7. The minimum Gasteiger partial charge on any atom is -0.480 e. The van der Waals surface area contributed by atoms with Gasteiger partial charge in [-0.2, -0.15) is 13.2 Å². The van der Waals surface area contributed by atoms with Crippen molar-refractivity contribution in [2.24, 2.45) is 11.8 Å². The van der Waals surface area contributed by atoms with Gasteiger partial charge in [0.1, 0.15) is 6.61 Å². The van der Waals surface area contributed by atoms with Gasteiger partial charge in [0.05, 0.1) is 12.5 Å². The van der Waals surface area contributed by atoms with E-state index in [9.17, 15) is 22.8 Å². The van der Waals surface area contributed by atoms with Crippen LogP contribution in [-0.2, 0) is 14.3 Å². The zero-order valence-corrected chi connectivity index (χ0v) is 10.9. The summed E-state index contributed by atoms with van der Waals surface area (Å²) in [6.07, 6.45) is -3.50. The zero-order chi connectivity index (χ0) is 15.2. The standard InChI is InChI=1S/C12H18F3NO4/c13-12(14,15)9-3-1-2-8(6-9)11(19)16-4-5-20-7-10(17)18/h8-9H,1-7H2,(H,16,19)(H,17,18). The van der Waals surface area contributed by atoms with Crippen LogP contribution in [0.3, 0.4) is 0 Å². The van der Waals surface area contributed by atoms with Crippen LogP contribution in [0.1, 0.15) is 25.7 Å². The molecule has 116 valence electrons. The number of rotatable bonds is 6. The van der Waals surface area contributed by atoms with E-state index in [1.54, 1.807) is 0 Å². The summed E-state index contributed by atoms with van der Waals surface area (Å²) in [6.45, 7) is -0.345. The Balaban J connectivity index is 2.27. The number of ether oxygens (including phenoxy) is 1. The largest absolute Gasteiger partial charge is 0.480 e. The number of hydrogen-bond acceptors (Lipinski definition) is 3. The summed E-state index contributed by atoms with van der Waals surface area (Å²) in [6, 6.07) is 0. The van der Waals surface area contributed by atoms with Crippen LogP contribution in [0.4, 0.5) is 13.2 Å². The van der Waals surface area contributed by atoms with E-state index < -0.39 is 36.5 Å². The predicted octanol–water partition coefficient (Wildman–Crippen LogP) is 1.57. The minimum absolute atomic E-state index is 0.0213. The molecule has 8 heteroatoms. The fourth-order valence-electron chi connectivity index (χ4n) is 2.28. The molecule has 2 atom stereocenters. The van der Waals surface area contributed by atoms with Gasteiger partial charge in [0.15, 0.2) is 0 Å². The Morgan fingerprint density at radius 1 is 1.30 bits per heavy atom. The molecule has 1 amide bonds. The first-order valence-electron chi connectivity index (χ1n) is 6.44. The molecule has 0 radical (unpaired) electrons.